The summed E-state index contributed by atoms with van der Waals surface area (Å²) in [5.74, 6) is -9.22. The van der Waals surface area contributed by atoms with E-state index in [1.165, 1.54) is 32.0 Å². The summed E-state index contributed by atoms with van der Waals surface area (Å²) in [6, 6.07) is 3.31. The number of nitrogens with zero attached hydrogens (tertiary/aromatic N) is 4. The highest BCUT2D eigenvalue weighted by Crippen LogP contribution is 2.60. The first kappa shape index (κ1) is 44.0. The molecule has 0 unspecified atom stereocenters. The number of ketones is 1. The molecule has 1 aromatic heterocycles. The average molecular weight is 889 g/mol. The predicted octanol–water partition coefficient (Wildman–Crippen LogP) is 6.16. The molecule has 4 aliphatic carbocycles. The number of halogens is 4. The molecule has 2 bridgehead atoms. The molecule has 336 valence electrons. The van der Waals surface area contributed by atoms with E-state index in [0.717, 1.165) is 11.3 Å². The zero-order valence-corrected chi connectivity index (χ0v) is 36.1. The number of hydrogen-bond acceptors (Lipinski definition) is 11. The first-order valence-corrected chi connectivity index (χ1v) is 22.9. The van der Waals surface area contributed by atoms with Crippen molar-refractivity contribution in [1.29, 1.82) is 5.26 Å². The molecule has 3 amide bonds. The van der Waals surface area contributed by atoms with Gasteiger partial charge >= 0.3 is 6.09 Å². The van der Waals surface area contributed by atoms with Crippen molar-refractivity contribution in [3.8, 4) is 11.9 Å². The van der Waals surface area contributed by atoms with Gasteiger partial charge in [-0.3, -0.25) is 19.1 Å². The fraction of sp³-hybridized carbons (Fsp3) is 0.698. The number of aromatic nitrogens is 2. The van der Waals surface area contributed by atoms with Gasteiger partial charge in [0, 0.05) is 24.7 Å². The van der Waals surface area contributed by atoms with Gasteiger partial charge in [-0.15, -0.1) is 0 Å². The molecule has 0 radical (unpaired) electrons. The molecule has 8 rings (SSSR count). The van der Waals surface area contributed by atoms with Crippen molar-refractivity contribution < 1.29 is 54.6 Å². The minimum absolute atomic E-state index is 0.0657. The number of nitriles is 1. The molecule has 2 aliphatic heterocycles. The van der Waals surface area contributed by atoms with Crippen molar-refractivity contribution in [2.45, 2.75) is 140 Å². The third-order valence-corrected chi connectivity index (χ3v) is 16.6. The zero-order chi connectivity index (χ0) is 44.9. The lowest BCUT2D eigenvalue weighted by atomic mass is 9.84. The number of fused-ring (bicyclic) bond motifs is 7. The van der Waals surface area contributed by atoms with E-state index < -0.39 is 135 Å². The number of alkyl carbamates (subject to hydrolysis) is 1. The first-order valence-electron chi connectivity index (χ1n) is 21.4. The van der Waals surface area contributed by atoms with E-state index in [1.54, 1.807) is 20.8 Å². The molecule has 10 atom stereocenters. The van der Waals surface area contributed by atoms with Gasteiger partial charge in [0.15, 0.2) is 11.5 Å². The summed E-state index contributed by atoms with van der Waals surface area (Å²) in [7, 11) is -4.28. The zero-order valence-electron chi connectivity index (χ0n) is 35.3. The van der Waals surface area contributed by atoms with Crippen LogP contribution in [0.15, 0.2) is 18.2 Å². The third-order valence-electron chi connectivity index (χ3n) is 14.4. The van der Waals surface area contributed by atoms with Gasteiger partial charge in [0.2, 0.25) is 34.1 Å². The molecule has 19 heteroatoms. The third kappa shape index (κ3) is 7.97. The Hall–Kier alpha value is -4.60. The number of sulfonamides is 1. The van der Waals surface area contributed by atoms with Crippen molar-refractivity contribution in [3.05, 3.63) is 29.5 Å². The van der Waals surface area contributed by atoms with Crippen LogP contribution in [0.25, 0.3) is 11.0 Å². The van der Waals surface area contributed by atoms with E-state index in [0.29, 0.717) is 25.2 Å². The smallest absolute Gasteiger partial charge is 0.408 e. The van der Waals surface area contributed by atoms with Crippen molar-refractivity contribution >= 4 is 44.7 Å². The van der Waals surface area contributed by atoms with E-state index >= 15 is 8.78 Å². The summed E-state index contributed by atoms with van der Waals surface area (Å²) in [4.78, 5) is 66.9. The molecular formula is C43H52F4N6O8S. The maximum Gasteiger partial charge on any atom is 0.408 e. The summed E-state index contributed by atoms with van der Waals surface area (Å²) >= 11 is 0. The molecule has 5 fully saturated rings. The number of alkyl halides is 4. The van der Waals surface area contributed by atoms with Gasteiger partial charge < -0.3 is 19.7 Å². The lowest BCUT2D eigenvalue weighted by Crippen LogP contribution is -2.57. The minimum atomic E-state index is -4.28. The van der Waals surface area contributed by atoms with E-state index in [9.17, 15) is 41.6 Å². The largest absolute Gasteiger partial charge is 0.471 e. The Bertz CT molecular complexity index is 2350. The molecule has 14 nitrogen and oxygen atoms in total. The molecule has 3 heterocycles. The van der Waals surface area contributed by atoms with E-state index in [1.807, 2.05) is 10.8 Å². The summed E-state index contributed by atoms with van der Waals surface area (Å²) < 4.78 is 101. The van der Waals surface area contributed by atoms with Gasteiger partial charge in [-0.05, 0) is 93.2 Å². The van der Waals surface area contributed by atoms with E-state index in [2.05, 4.69) is 15.3 Å². The van der Waals surface area contributed by atoms with Crippen LogP contribution in [0, 0.1) is 51.8 Å². The summed E-state index contributed by atoms with van der Waals surface area (Å²) in [6.45, 7) is 7.55. The SMILES string of the molecule is C[C@@H]1[C@@H]2CN(C(=O)[C@H](C(C)(C)C)NC(=O)O[C@@H]3C[C@@H]4C[C@@H]4[C@H]3CCCCC(F)(F)c3nc4ccc(C#N)cc4nc3O2)[C@@H]1C(=O)C[C@]1(C(=O)NS(=O)(=O)C2(C)CC2)C[C@H]1C(F)F. The number of amides is 3. The van der Waals surface area contributed by atoms with E-state index in [-0.39, 0.29) is 47.7 Å². The van der Waals surface area contributed by atoms with Gasteiger partial charge in [0.05, 0.1) is 45.4 Å². The van der Waals surface area contributed by atoms with Crippen LogP contribution in [0.3, 0.4) is 0 Å². The molecule has 0 spiro atoms. The molecule has 62 heavy (non-hydrogen) atoms. The molecule has 2 N–H and O–H groups in total. The van der Waals surface area contributed by atoms with Gasteiger partial charge in [-0.2, -0.15) is 14.0 Å². The van der Waals surface area contributed by atoms with Crippen molar-refractivity contribution in [1.82, 2.24) is 24.9 Å². The Balaban J connectivity index is 1.18. The number of carbonyl (C=O) groups excluding carboxylic acids is 4. The fourth-order valence-corrected chi connectivity index (χ4v) is 11.4. The highest BCUT2D eigenvalue weighted by atomic mass is 32.2. The normalized spacial score (nSPS) is 34.0. The topological polar surface area (TPSA) is 198 Å². The first-order chi connectivity index (χ1) is 29.0. The molecule has 2 aromatic rings. The number of nitrogens with one attached hydrogen (secondary N) is 2. The lowest BCUT2D eigenvalue weighted by molar-refractivity contribution is -0.143. The summed E-state index contributed by atoms with van der Waals surface area (Å²) in [5.41, 5.74) is -3.58. The highest BCUT2D eigenvalue weighted by Gasteiger charge is 2.67. The molecule has 4 saturated carbocycles. The van der Waals surface area contributed by atoms with Gasteiger partial charge in [0.1, 0.15) is 18.2 Å². The van der Waals surface area contributed by atoms with Crippen molar-refractivity contribution in [2.24, 2.45) is 40.4 Å². The summed E-state index contributed by atoms with van der Waals surface area (Å²) in [5, 5.41) is 12.3. The number of rotatable bonds is 7. The van der Waals surface area contributed by atoms with Crippen LogP contribution in [0.1, 0.15) is 110 Å². The lowest BCUT2D eigenvalue weighted by Gasteiger charge is -2.36. The van der Waals surface area contributed by atoms with Gasteiger partial charge in [-0.1, -0.05) is 34.1 Å². The number of carbonyl (C=O) groups is 4. The van der Waals surface area contributed by atoms with Crippen LogP contribution in [0.2, 0.25) is 0 Å². The quantitative estimate of drug-likeness (QED) is 0.302. The number of Topliss-reactive ketones (excluding diaryl/α,β-unsaturated/α-hetero) is 1. The van der Waals surface area contributed by atoms with Crippen molar-refractivity contribution in [3.63, 3.8) is 0 Å². The Morgan fingerprint density at radius 2 is 1.77 bits per heavy atom. The van der Waals surface area contributed by atoms with Crippen LogP contribution in [0.5, 0.6) is 5.88 Å². The Labute approximate surface area is 357 Å². The second kappa shape index (κ2) is 15.3. The second-order valence-corrected chi connectivity index (χ2v) is 22.1. The van der Waals surface area contributed by atoms with Crippen LogP contribution in [0.4, 0.5) is 22.4 Å². The highest BCUT2D eigenvalue weighted by molar-refractivity contribution is 7.91. The van der Waals surface area contributed by atoms with Crippen LogP contribution >= 0.6 is 0 Å². The molecular weight excluding hydrogens is 837 g/mol. The second-order valence-electron chi connectivity index (χ2n) is 19.9. The van der Waals surface area contributed by atoms with Crippen molar-refractivity contribution in [2.75, 3.05) is 6.54 Å². The predicted molar refractivity (Wildman–Crippen MR) is 213 cm³/mol. The number of ether oxygens (including phenoxy) is 2. The van der Waals surface area contributed by atoms with Gasteiger partial charge in [0.25, 0.3) is 5.92 Å². The Morgan fingerprint density at radius 1 is 1.05 bits per heavy atom. The molecule has 6 aliphatic rings. The minimum Gasteiger partial charge on any atom is -0.471 e. The van der Waals surface area contributed by atoms with Crippen LogP contribution < -0.4 is 14.8 Å². The number of hydrogen-bond donors (Lipinski definition) is 2. The number of benzene rings is 1. The molecule has 1 saturated heterocycles. The Morgan fingerprint density at radius 3 is 2.42 bits per heavy atom. The Kier molecular flexibility index (Phi) is 10.9. The standard InChI is InChI=1S/C43H52F4N6O8S/c1-21-31-20-53(32(21)29(54)18-42(17-26(42)35(44)45)38(56)52-62(58,59)41(5)12-13-41)37(55)34(40(2,3)4)51-39(57)61-30-16-23-15-25(23)24(30)8-6-7-11-43(46,47)33-36(60-31)50-28-14-22(19-48)9-10-27(28)49-33/h9-10,14,21,23-26,30-32,34-35H,6-8,11-13,15-18,20H2,1-5H3,(H,51,57)(H,52,56)/t21-,23+,24-,25+,26+,30-,31+,32+,34-,42-/m1/s1. The van der Waals surface area contributed by atoms with Crippen LogP contribution in [-0.2, 0) is 35.1 Å². The van der Waals surface area contributed by atoms with E-state index in [4.69, 9.17) is 9.47 Å². The van der Waals surface area contributed by atoms with Gasteiger partial charge in [-0.25, -0.2) is 32.0 Å². The fourth-order valence-electron chi connectivity index (χ4n) is 10.1. The summed E-state index contributed by atoms with van der Waals surface area (Å²) in [6.07, 6.45) is -4.60. The maximum atomic E-state index is 16.5. The van der Waals surface area contributed by atoms with Crippen LogP contribution in [-0.4, -0.2) is 89.0 Å². The average Bonchev–Trinajstić information content (AvgIpc) is 4.15. The molecule has 1 aromatic carbocycles. The maximum absolute atomic E-state index is 16.5. The monoisotopic (exact) mass is 888 g/mol.